The van der Waals surface area contributed by atoms with Gasteiger partial charge in [0.1, 0.15) is 11.4 Å². The summed E-state index contributed by atoms with van der Waals surface area (Å²) in [5.41, 5.74) is 0.796. The van der Waals surface area contributed by atoms with E-state index in [1.165, 1.54) is 0 Å². The van der Waals surface area contributed by atoms with Gasteiger partial charge in [-0.25, -0.2) is 4.39 Å². The van der Waals surface area contributed by atoms with Gasteiger partial charge in [0.15, 0.2) is 0 Å². The van der Waals surface area contributed by atoms with Crippen LogP contribution in [0, 0.1) is 5.82 Å². The maximum absolute atomic E-state index is 14.5. The average molecular weight is 356 g/mol. The van der Waals surface area contributed by atoms with E-state index in [9.17, 15) is 9.50 Å². The van der Waals surface area contributed by atoms with Gasteiger partial charge in [-0.05, 0) is 52.4 Å². The minimum atomic E-state index is -1.30. The third kappa shape index (κ3) is 2.09. The van der Waals surface area contributed by atoms with Gasteiger partial charge in [-0.15, -0.1) is 0 Å². The minimum absolute atomic E-state index is 0.0129. The monoisotopic (exact) mass is 354 g/mol. The van der Waals surface area contributed by atoms with E-state index in [-0.39, 0.29) is 10.6 Å². The lowest BCUT2D eigenvalue weighted by atomic mass is 9.75. The average Bonchev–Trinajstić information content (AvgIpc) is 2.45. The molecule has 0 fully saturated rings. The Morgan fingerprint density at radius 3 is 2.70 bits per heavy atom. The standard InChI is InChI=1S/C16H13BrClFO/c17-13-8-7-12(15(19)14(13)18)16(20)9-3-5-10-4-1-2-6-11(10)16/h1-2,4,6-8,20H,3,5,9H2. The van der Waals surface area contributed by atoms with Crippen LogP contribution in [-0.4, -0.2) is 5.11 Å². The van der Waals surface area contributed by atoms with Crippen molar-refractivity contribution in [3.63, 3.8) is 0 Å². The number of rotatable bonds is 1. The molecule has 1 N–H and O–H groups in total. The van der Waals surface area contributed by atoms with Gasteiger partial charge in [-0.3, -0.25) is 0 Å². The van der Waals surface area contributed by atoms with Crippen molar-refractivity contribution in [2.24, 2.45) is 0 Å². The lowest BCUT2D eigenvalue weighted by Crippen LogP contribution is -2.33. The Balaban J connectivity index is 2.22. The highest BCUT2D eigenvalue weighted by atomic mass is 79.9. The second-order valence-electron chi connectivity index (χ2n) is 5.09. The van der Waals surface area contributed by atoms with Crippen LogP contribution in [-0.2, 0) is 12.0 Å². The topological polar surface area (TPSA) is 20.2 Å². The van der Waals surface area contributed by atoms with Gasteiger partial charge in [-0.2, -0.15) is 0 Å². The van der Waals surface area contributed by atoms with Crippen LogP contribution in [0.15, 0.2) is 40.9 Å². The molecule has 1 aliphatic carbocycles. The first-order chi connectivity index (χ1) is 9.54. The Kier molecular flexibility index (Phi) is 3.61. The molecule has 2 aromatic rings. The number of halogens is 3. The second-order valence-corrected chi connectivity index (χ2v) is 6.33. The summed E-state index contributed by atoms with van der Waals surface area (Å²) >= 11 is 9.16. The first-order valence-electron chi connectivity index (χ1n) is 6.49. The summed E-state index contributed by atoms with van der Waals surface area (Å²) in [6, 6.07) is 10.9. The smallest absolute Gasteiger partial charge is 0.149 e. The molecule has 0 spiro atoms. The molecule has 0 aliphatic heterocycles. The Bertz CT molecular complexity index is 674. The predicted molar refractivity (Wildman–Crippen MR) is 81.5 cm³/mol. The maximum atomic E-state index is 14.5. The van der Waals surface area contributed by atoms with Crippen molar-refractivity contribution < 1.29 is 9.50 Å². The zero-order valence-electron chi connectivity index (χ0n) is 10.7. The zero-order chi connectivity index (χ0) is 14.3. The van der Waals surface area contributed by atoms with Gasteiger partial charge < -0.3 is 5.11 Å². The van der Waals surface area contributed by atoms with Crippen LogP contribution in [0.1, 0.15) is 29.5 Å². The maximum Gasteiger partial charge on any atom is 0.149 e. The van der Waals surface area contributed by atoms with E-state index in [1.807, 2.05) is 24.3 Å². The highest BCUT2D eigenvalue weighted by Crippen LogP contribution is 2.43. The fourth-order valence-corrected chi connectivity index (χ4v) is 3.41. The summed E-state index contributed by atoms with van der Waals surface area (Å²) in [6.45, 7) is 0. The van der Waals surface area contributed by atoms with Gasteiger partial charge in [-0.1, -0.05) is 41.9 Å². The zero-order valence-corrected chi connectivity index (χ0v) is 13.0. The highest BCUT2D eigenvalue weighted by molar-refractivity contribution is 9.10. The third-order valence-corrected chi connectivity index (χ3v) is 5.19. The van der Waals surface area contributed by atoms with Crippen LogP contribution in [0.25, 0.3) is 0 Å². The molecule has 0 bridgehead atoms. The Morgan fingerprint density at radius 1 is 1.15 bits per heavy atom. The summed E-state index contributed by atoms with van der Waals surface area (Å²) in [7, 11) is 0. The lowest BCUT2D eigenvalue weighted by Gasteiger charge is -2.35. The molecule has 4 heteroatoms. The molecule has 20 heavy (non-hydrogen) atoms. The van der Waals surface area contributed by atoms with Crippen LogP contribution in [0.4, 0.5) is 4.39 Å². The number of hydrogen-bond donors (Lipinski definition) is 1. The first kappa shape index (κ1) is 14.1. The van der Waals surface area contributed by atoms with Gasteiger partial charge in [0.2, 0.25) is 0 Å². The summed E-state index contributed by atoms with van der Waals surface area (Å²) in [4.78, 5) is 0. The van der Waals surface area contributed by atoms with E-state index in [4.69, 9.17) is 11.6 Å². The summed E-state index contributed by atoms with van der Waals surface area (Å²) in [5.74, 6) is -0.555. The molecule has 1 atom stereocenters. The predicted octanol–water partition coefficient (Wildman–Crippen LogP) is 4.81. The van der Waals surface area contributed by atoms with E-state index >= 15 is 0 Å². The van der Waals surface area contributed by atoms with E-state index in [2.05, 4.69) is 15.9 Å². The fraction of sp³-hybridized carbons (Fsp3) is 0.250. The molecule has 104 valence electrons. The molecule has 0 saturated heterocycles. The molecule has 0 aromatic heterocycles. The van der Waals surface area contributed by atoms with Crippen LogP contribution in [0.5, 0.6) is 0 Å². The number of fused-ring (bicyclic) bond motifs is 1. The third-order valence-electron chi connectivity index (χ3n) is 3.93. The van der Waals surface area contributed by atoms with Crippen LogP contribution in [0.2, 0.25) is 5.02 Å². The molecule has 3 rings (SSSR count). The van der Waals surface area contributed by atoms with E-state index in [0.717, 1.165) is 24.0 Å². The number of aliphatic hydroxyl groups is 1. The summed E-state index contributed by atoms with van der Waals surface area (Å²) in [5, 5.41) is 11.1. The highest BCUT2D eigenvalue weighted by Gasteiger charge is 2.38. The largest absolute Gasteiger partial charge is 0.380 e. The second kappa shape index (κ2) is 5.14. The first-order valence-corrected chi connectivity index (χ1v) is 7.66. The number of benzene rings is 2. The normalized spacial score (nSPS) is 21.6. The van der Waals surface area contributed by atoms with Crippen molar-refractivity contribution in [2.45, 2.75) is 24.9 Å². The van der Waals surface area contributed by atoms with Crippen LogP contribution < -0.4 is 0 Å². The van der Waals surface area contributed by atoms with Crippen LogP contribution in [0.3, 0.4) is 0 Å². The molecule has 2 aromatic carbocycles. The van der Waals surface area contributed by atoms with Crippen molar-refractivity contribution in [1.82, 2.24) is 0 Å². The van der Waals surface area contributed by atoms with Gasteiger partial charge in [0.05, 0.1) is 5.02 Å². The van der Waals surface area contributed by atoms with E-state index in [1.54, 1.807) is 12.1 Å². The molecule has 0 radical (unpaired) electrons. The Labute approximate surface area is 130 Å². The van der Waals surface area contributed by atoms with E-state index < -0.39 is 11.4 Å². The molecule has 0 amide bonds. The fourth-order valence-electron chi connectivity index (χ4n) is 2.94. The lowest BCUT2D eigenvalue weighted by molar-refractivity contribution is 0.0579. The Morgan fingerprint density at radius 2 is 1.90 bits per heavy atom. The molecule has 0 saturated carbocycles. The van der Waals surface area contributed by atoms with Gasteiger partial charge in [0.25, 0.3) is 0 Å². The quantitative estimate of drug-likeness (QED) is 0.728. The molecule has 1 unspecified atom stereocenters. The SMILES string of the molecule is OC1(c2ccc(Br)c(Cl)c2F)CCCc2ccccc21. The summed E-state index contributed by atoms with van der Waals surface area (Å²) in [6.07, 6.45) is 2.23. The van der Waals surface area contributed by atoms with Gasteiger partial charge in [0, 0.05) is 10.0 Å². The molecular formula is C16H13BrClFO. The van der Waals surface area contributed by atoms with Crippen molar-refractivity contribution in [3.8, 4) is 0 Å². The number of aryl methyl sites for hydroxylation is 1. The van der Waals surface area contributed by atoms with Crippen molar-refractivity contribution in [1.29, 1.82) is 0 Å². The molecule has 0 heterocycles. The number of hydrogen-bond acceptors (Lipinski definition) is 1. The molecule has 1 aliphatic rings. The van der Waals surface area contributed by atoms with E-state index in [0.29, 0.717) is 10.9 Å². The molecule has 1 nitrogen and oxygen atoms in total. The van der Waals surface area contributed by atoms with Crippen LogP contribution >= 0.6 is 27.5 Å². The minimum Gasteiger partial charge on any atom is -0.380 e. The summed E-state index contributed by atoms with van der Waals surface area (Å²) < 4.78 is 15.0. The molecular weight excluding hydrogens is 343 g/mol. The Hall–Kier alpha value is -0.900. The van der Waals surface area contributed by atoms with Crippen molar-refractivity contribution in [2.75, 3.05) is 0 Å². The van der Waals surface area contributed by atoms with Gasteiger partial charge >= 0.3 is 0 Å². The van der Waals surface area contributed by atoms with Crippen molar-refractivity contribution >= 4 is 27.5 Å². The van der Waals surface area contributed by atoms with Crippen molar-refractivity contribution in [3.05, 3.63) is 68.4 Å².